The zero-order valence-electron chi connectivity index (χ0n) is 9.74. The summed E-state index contributed by atoms with van der Waals surface area (Å²) in [7, 11) is 0. The van der Waals surface area contributed by atoms with Crippen LogP contribution in [0.4, 0.5) is 5.69 Å². The van der Waals surface area contributed by atoms with Crippen molar-refractivity contribution in [2.45, 2.75) is 0 Å². The van der Waals surface area contributed by atoms with Crippen molar-refractivity contribution in [2.75, 3.05) is 0 Å². The van der Waals surface area contributed by atoms with Crippen molar-refractivity contribution in [3.8, 4) is 17.1 Å². The molecule has 19 heavy (non-hydrogen) atoms. The van der Waals surface area contributed by atoms with E-state index >= 15 is 0 Å². The number of aromatic hydroxyl groups is 1. The van der Waals surface area contributed by atoms with E-state index in [9.17, 15) is 15.2 Å². The second kappa shape index (κ2) is 4.13. The Bertz CT molecular complexity index is 762. The maximum Gasteiger partial charge on any atom is 0.323 e. The smallest absolute Gasteiger partial charge is 0.323 e. The molecule has 0 amide bonds. The van der Waals surface area contributed by atoms with E-state index in [2.05, 4.69) is 0 Å². The van der Waals surface area contributed by atoms with Gasteiger partial charge < -0.3 is 9.52 Å². The number of fused-ring (bicyclic) bond motifs is 1. The van der Waals surface area contributed by atoms with Crippen molar-refractivity contribution in [1.82, 2.24) is 0 Å². The summed E-state index contributed by atoms with van der Waals surface area (Å²) in [5, 5.41) is 21.0. The van der Waals surface area contributed by atoms with Crippen molar-refractivity contribution in [1.29, 1.82) is 0 Å². The summed E-state index contributed by atoms with van der Waals surface area (Å²) in [5.41, 5.74) is 0.880. The van der Waals surface area contributed by atoms with Gasteiger partial charge in [0.25, 0.3) is 0 Å². The second-order valence-corrected chi connectivity index (χ2v) is 4.08. The van der Waals surface area contributed by atoms with Crippen LogP contribution in [0.1, 0.15) is 0 Å². The van der Waals surface area contributed by atoms with Gasteiger partial charge in [0.15, 0.2) is 0 Å². The molecule has 3 aromatic rings. The van der Waals surface area contributed by atoms with Gasteiger partial charge in [0, 0.05) is 5.56 Å². The van der Waals surface area contributed by atoms with Crippen LogP contribution < -0.4 is 0 Å². The van der Waals surface area contributed by atoms with E-state index in [1.54, 1.807) is 24.3 Å². The number of rotatable bonds is 2. The maximum atomic E-state index is 11.2. The average molecular weight is 255 g/mol. The number of hydrogen-bond acceptors (Lipinski definition) is 4. The topological polar surface area (TPSA) is 76.5 Å². The van der Waals surface area contributed by atoms with Gasteiger partial charge in [-0.2, -0.15) is 0 Å². The molecule has 1 heterocycles. The van der Waals surface area contributed by atoms with Gasteiger partial charge in [0.05, 0.1) is 4.92 Å². The fourth-order valence-corrected chi connectivity index (χ4v) is 2.04. The zero-order valence-corrected chi connectivity index (χ0v) is 9.74. The van der Waals surface area contributed by atoms with Crippen molar-refractivity contribution < 1.29 is 14.4 Å². The Kier molecular flexibility index (Phi) is 2.45. The van der Waals surface area contributed by atoms with E-state index in [1.165, 1.54) is 18.2 Å². The van der Waals surface area contributed by atoms with Gasteiger partial charge in [0.1, 0.15) is 16.7 Å². The SMILES string of the molecule is O=[N+]([O-])c1c(-c2ccccc2)oc2ccc(O)cc12. The molecule has 0 fully saturated rings. The Morgan fingerprint density at radius 1 is 1.11 bits per heavy atom. The molecule has 0 aliphatic heterocycles. The van der Waals surface area contributed by atoms with Crippen LogP contribution in [-0.2, 0) is 0 Å². The Labute approximate surface area is 107 Å². The van der Waals surface area contributed by atoms with Crippen molar-refractivity contribution >= 4 is 16.7 Å². The molecule has 5 heteroatoms. The third-order valence-corrected chi connectivity index (χ3v) is 2.86. The summed E-state index contributed by atoms with van der Waals surface area (Å²) in [6, 6.07) is 13.2. The van der Waals surface area contributed by atoms with Crippen LogP contribution in [0.25, 0.3) is 22.3 Å². The van der Waals surface area contributed by atoms with E-state index in [1.807, 2.05) is 6.07 Å². The first-order chi connectivity index (χ1) is 9.16. The first kappa shape index (κ1) is 11.3. The van der Waals surface area contributed by atoms with Crippen LogP contribution in [0, 0.1) is 10.1 Å². The molecule has 1 aromatic heterocycles. The number of benzene rings is 2. The van der Waals surface area contributed by atoms with Crippen LogP contribution in [0.3, 0.4) is 0 Å². The van der Waals surface area contributed by atoms with Gasteiger partial charge in [-0.25, -0.2) is 0 Å². The summed E-state index contributed by atoms with van der Waals surface area (Å²) in [6.07, 6.45) is 0. The molecule has 0 atom stereocenters. The highest BCUT2D eigenvalue weighted by atomic mass is 16.6. The summed E-state index contributed by atoms with van der Waals surface area (Å²) < 4.78 is 5.55. The molecule has 3 rings (SSSR count). The summed E-state index contributed by atoms with van der Waals surface area (Å²) in [5.74, 6) is 0.169. The second-order valence-electron chi connectivity index (χ2n) is 4.08. The van der Waals surface area contributed by atoms with Crippen LogP contribution in [0.2, 0.25) is 0 Å². The van der Waals surface area contributed by atoms with E-state index in [0.29, 0.717) is 16.5 Å². The number of nitro groups is 1. The van der Waals surface area contributed by atoms with Crippen LogP contribution >= 0.6 is 0 Å². The van der Waals surface area contributed by atoms with Gasteiger partial charge in [-0.15, -0.1) is 0 Å². The molecule has 0 saturated heterocycles. The molecule has 5 nitrogen and oxygen atoms in total. The zero-order chi connectivity index (χ0) is 13.4. The quantitative estimate of drug-likeness (QED) is 0.559. The lowest BCUT2D eigenvalue weighted by atomic mass is 10.1. The minimum atomic E-state index is -0.492. The fraction of sp³-hybridized carbons (Fsp3) is 0. The highest BCUT2D eigenvalue weighted by molar-refractivity contribution is 5.95. The summed E-state index contributed by atoms with van der Waals surface area (Å²) in [4.78, 5) is 10.8. The molecule has 0 saturated carbocycles. The number of phenols is 1. The number of hydrogen-bond donors (Lipinski definition) is 1. The number of phenolic OH excluding ortho intramolecular Hbond substituents is 1. The Morgan fingerprint density at radius 2 is 1.84 bits per heavy atom. The molecule has 94 valence electrons. The molecule has 0 radical (unpaired) electrons. The standard InChI is InChI=1S/C14H9NO4/c16-10-6-7-12-11(8-10)13(15(17)18)14(19-12)9-4-2-1-3-5-9/h1-8,16H. The number of furan rings is 1. The van der Waals surface area contributed by atoms with Gasteiger partial charge in [-0.3, -0.25) is 10.1 Å². The molecule has 0 spiro atoms. The lowest BCUT2D eigenvalue weighted by Gasteiger charge is -1.95. The molecule has 0 aliphatic rings. The first-order valence-electron chi connectivity index (χ1n) is 5.62. The Hall–Kier alpha value is -2.82. The molecule has 1 N–H and O–H groups in total. The predicted molar refractivity (Wildman–Crippen MR) is 70.0 cm³/mol. The van der Waals surface area contributed by atoms with Crippen LogP contribution in [0.15, 0.2) is 52.9 Å². The van der Waals surface area contributed by atoms with Crippen LogP contribution in [-0.4, -0.2) is 10.0 Å². The third-order valence-electron chi connectivity index (χ3n) is 2.86. The predicted octanol–water partition coefficient (Wildman–Crippen LogP) is 3.71. The van der Waals surface area contributed by atoms with E-state index in [0.717, 1.165) is 0 Å². The summed E-state index contributed by atoms with van der Waals surface area (Å²) in [6.45, 7) is 0. The maximum absolute atomic E-state index is 11.2. The normalized spacial score (nSPS) is 10.7. The monoisotopic (exact) mass is 255 g/mol. The highest BCUT2D eigenvalue weighted by Gasteiger charge is 2.25. The minimum Gasteiger partial charge on any atom is -0.508 e. The lowest BCUT2D eigenvalue weighted by molar-refractivity contribution is -0.382. The molecule has 2 aromatic carbocycles. The van der Waals surface area contributed by atoms with Gasteiger partial charge in [-0.1, -0.05) is 30.3 Å². The van der Waals surface area contributed by atoms with Crippen LogP contribution in [0.5, 0.6) is 5.75 Å². The minimum absolute atomic E-state index is 0.0315. The highest BCUT2D eigenvalue weighted by Crippen LogP contribution is 2.40. The third kappa shape index (κ3) is 1.81. The molecule has 0 unspecified atom stereocenters. The molecule has 0 bridgehead atoms. The Morgan fingerprint density at radius 3 is 2.53 bits per heavy atom. The van der Waals surface area contributed by atoms with E-state index in [-0.39, 0.29) is 17.2 Å². The largest absolute Gasteiger partial charge is 0.508 e. The van der Waals surface area contributed by atoms with Gasteiger partial charge in [0.2, 0.25) is 5.76 Å². The number of nitrogens with zero attached hydrogens (tertiary/aromatic N) is 1. The fourth-order valence-electron chi connectivity index (χ4n) is 2.04. The van der Waals surface area contributed by atoms with Crippen molar-refractivity contribution in [3.05, 3.63) is 58.6 Å². The van der Waals surface area contributed by atoms with Gasteiger partial charge in [-0.05, 0) is 18.2 Å². The average Bonchev–Trinajstić information content (AvgIpc) is 2.78. The molecular weight excluding hydrogens is 246 g/mol. The molecule has 0 aliphatic carbocycles. The van der Waals surface area contributed by atoms with Crippen molar-refractivity contribution in [3.63, 3.8) is 0 Å². The van der Waals surface area contributed by atoms with E-state index < -0.39 is 4.92 Å². The Balaban J connectivity index is 2.36. The molecular formula is C14H9NO4. The first-order valence-corrected chi connectivity index (χ1v) is 5.62. The summed E-state index contributed by atoms with van der Waals surface area (Å²) >= 11 is 0. The lowest BCUT2D eigenvalue weighted by Crippen LogP contribution is -1.88. The van der Waals surface area contributed by atoms with E-state index in [4.69, 9.17) is 4.42 Å². The van der Waals surface area contributed by atoms with Crippen molar-refractivity contribution in [2.24, 2.45) is 0 Å². The van der Waals surface area contributed by atoms with Gasteiger partial charge >= 0.3 is 5.69 Å².